The van der Waals surface area contributed by atoms with E-state index in [1.807, 2.05) is 28.5 Å². The monoisotopic (exact) mass is 795 g/mol. The lowest BCUT2D eigenvalue weighted by Gasteiger charge is -2.31. The zero-order valence-electron chi connectivity index (χ0n) is 31.9. The number of carbonyl (C=O) groups excluding carboxylic acids is 2. The van der Waals surface area contributed by atoms with Gasteiger partial charge in [-0.15, -0.1) is 0 Å². The molecular formula is C40H40F3N11O4. The summed E-state index contributed by atoms with van der Waals surface area (Å²) in [4.78, 5) is 52.7. The van der Waals surface area contributed by atoms with Crippen LogP contribution in [0.3, 0.4) is 0 Å². The van der Waals surface area contributed by atoms with Gasteiger partial charge < -0.3 is 34.4 Å². The number of β-amino-alcohol motifs (C(OH)–C–C–N with tert-alkyl or cyclic N) is 1. The van der Waals surface area contributed by atoms with Crippen molar-refractivity contribution in [3.05, 3.63) is 83.8 Å². The van der Waals surface area contributed by atoms with E-state index < -0.39 is 35.5 Å². The number of halogens is 3. The lowest BCUT2D eigenvalue weighted by atomic mass is 10.1. The number of aliphatic hydroxyl groups excluding tert-OH is 1. The van der Waals surface area contributed by atoms with Crippen LogP contribution < -0.4 is 10.2 Å². The van der Waals surface area contributed by atoms with Gasteiger partial charge in [-0.1, -0.05) is 6.07 Å². The summed E-state index contributed by atoms with van der Waals surface area (Å²) in [5.41, 5.74) is 2.37. The Morgan fingerprint density at radius 1 is 0.966 bits per heavy atom. The van der Waals surface area contributed by atoms with Gasteiger partial charge >= 0.3 is 0 Å². The van der Waals surface area contributed by atoms with Crippen LogP contribution in [-0.4, -0.2) is 126 Å². The Bertz CT molecular complexity index is 2600. The van der Waals surface area contributed by atoms with Gasteiger partial charge in [0.2, 0.25) is 11.8 Å². The number of hydrogen-bond donors (Lipinski definition) is 2. The molecule has 3 aliphatic heterocycles. The van der Waals surface area contributed by atoms with Crippen LogP contribution in [0, 0.1) is 24.4 Å². The van der Waals surface area contributed by atoms with Gasteiger partial charge in [0.1, 0.15) is 46.6 Å². The Balaban J connectivity index is 1.18. The van der Waals surface area contributed by atoms with Crippen molar-refractivity contribution < 1.29 is 32.6 Å². The lowest BCUT2D eigenvalue weighted by molar-refractivity contribution is -0.133. The average Bonchev–Trinajstić information content (AvgIpc) is 3.98. The normalized spacial score (nSPS) is 21.3. The first kappa shape index (κ1) is 37.4. The highest BCUT2D eigenvalue weighted by Crippen LogP contribution is 2.37. The minimum absolute atomic E-state index is 0.0650. The van der Waals surface area contributed by atoms with Crippen molar-refractivity contribution in [2.24, 2.45) is 0 Å². The maximum Gasteiger partial charge on any atom is 0.245 e. The van der Waals surface area contributed by atoms with Crippen LogP contribution in [0.25, 0.3) is 39.0 Å². The number of imidazole rings is 1. The van der Waals surface area contributed by atoms with E-state index >= 15 is 8.78 Å². The predicted octanol–water partition coefficient (Wildman–Crippen LogP) is 3.81. The Labute approximate surface area is 330 Å². The first-order chi connectivity index (χ1) is 28.0. The second-order valence-corrected chi connectivity index (χ2v) is 15.0. The molecule has 4 bridgehead atoms. The van der Waals surface area contributed by atoms with Crippen LogP contribution >= 0.6 is 0 Å². The largest absolute Gasteiger partial charge is 0.395 e. The minimum atomic E-state index is -0.870. The summed E-state index contributed by atoms with van der Waals surface area (Å²) in [6, 6.07) is 10.3. The number of rotatable bonds is 6. The lowest BCUT2D eigenvalue weighted by Crippen LogP contribution is -2.47. The molecule has 0 saturated carbocycles. The number of anilines is 2. The molecule has 0 radical (unpaired) electrons. The van der Waals surface area contributed by atoms with E-state index in [0.29, 0.717) is 71.1 Å². The molecule has 6 aromatic rings. The fourth-order valence-corrected chi connectivity index (χ4v) is 8.55. The second kappa shape index (κ2) is 14.7. The third kappa shape index (κ3) is 6.45. The molecule has 0 aliphatic carbocycles. The number of nitrogens with one attached hydrogen (secondary N) is 1. The topological polar surface area (TPSA) is 160 Å². The zero-order valence-corrected chi connectivity index (χ0v) is 31.9. The van der Waals surface area contributed by atoms with Crippen molar-refractivity contribution >= 4 is 45.5 Å². The molecule has 15 nitrogen and oxygen atoms in total. The van der Waals surface area contributed by atoms with Crippen LogP contribution in [0.4, 0.5) is 24.8 Å². The van der Waals surface area contributed by atoms with Crippen molar-refractivity contribution in [3.63, 3.8) is 0 Å². The van der Waals surface area contributed by atoms with E-state index in [0.717, 1.165) is 12.1 Å². The van der Waals surface area contributed by atoms with Crippen molar-refractivity contribution in [2.75, 3.05) is 57.2 Å². The number of fused-ring (bicyclic) bond motifs is 6. The molecule has 2 saturated heterocycles. The molecule has 300 valence electrons. The van der Waals surface area contributed by atoms with E-state index in [1.54, 1.807) is 25.1 Å². The number of likely N-dealkylation sites (tertiary alicyclic amines) is 1. The molecule has 2 aromatic carbocycles. The quantitative estimate of drug-likeness (QED) is 0.253. The molecule has 4 aromatic heterocycles. The van der Waals surface area contributed by atoms with Gasteiger partial charge in [-0.25, -0.2) is 37.8 Å². The summed E-state index contributed by atoms with van der Waals surface area (Å²) in [5, 5.41) is 17.9. The van der Waals surface area contributed by atoms with Gasteiger partial charge in [-0.3, -0.25) is 9.59 Å². The third-order valence-electron chi connectivity index (χ3n) is 11.3. The van der Waals surface area contributed by atoms with Crippen molar-refractivity contribution in [2.45, 2.75) is 50.4 Å². The molecule has 1 unspecified atom stereocenters. The summed E-state index contributed by atoms with van der Waals surface area (Å²) in [5.74, 6) is -1.75. The maximum atomic E-state index is 15.3. The number of benzene rings is 2. The Kier molecular flexibility index (Phi) is 9.46. The Hall–Kier alpha value is -6.14. The molecule has 58 heavy (non-hydrogen) atoms. The van der Waals surface area contributed by atoms with E-state index in [9.17, 15) is 19.1 Å². The fourth-order valence-electron chi connectivity index (χ4n) is 8.55. The van der Waals surface area contributed by atoms with E-state index in [1.165, 1.54) is 34.0 Å². The first-order valence-electron chi connectivity index (χ1n) is 19.1. The summed E-state index contributed by atoms with van der Waals surface area (Å²) in [7, 11) is 3.28. The molecule has 2 amide bonds. The molecule has 3 aliphatic rings. The Morgan fingerprint density at radius 2 is 1.81 bits per heavy atom. The molecule has 2 fully saturated rings. The van der Waals surface area contributed by atoms with Crippen LogP contribution in [0.15, 0.2) is 54.7 Å². The molecule has 0 spiro atoms. The van der Waals surface area contributed by atoms with E-state index in [2.05, 4.69) is 15.4 Å². The molecule has 7 heterocycles. The number of aryl methyl sites for hydroxylation is 1. The van der Waals surface area contributed by atoms with Crippen molar-refractivity contribution in [3.8, 4) is 16.9 Å². The molecule has 2 N–H and O–H groups in total. The SMILES string of the molecule is CO[C@H]1CN(C)C(=O)[C@@H]2C[C@@H](CN2c2nc(C3CCN(CCO)C3=O)nc3c2cnn3-c2ccc(F)cc2F)Nc2cccc(n2)-c2cc(F)cc3nc(C)n(c23)C1. The fraction of sp³-hybridized carbons (Fsp3) is 0.375. The highest BCUT2D eigenvalue weighted by molar-refractivity contribution is 5.94. The van der Waals surface area contributed by atoms with Gasteiger partial charge in [0.25, 0.3) is 0 Å². The summed E-state index contributed by atoms with van der Waals surface area (Å²) >= 11 is 0. The number of nitrogens with zero attached hydrogens (tertiary/aromatic N) is 10. The number of aromatic nitrogens is 7. The highest BCUT2D eigenvalue weighted by Gasteiger charge is 2.42. The number of ether oxygens (including phenoxy) is 1. The first-order valence-corrected chi connectivity index (χ1v) is 19.1. The van der Waals surface area contributed by atoms with Crippen LogP contribution in [-0.2, 0) is 20.9 Å². The van der Waals surface area contributed by atoms with Crippen molar-refractivity contribution in [1.29, 1.82) is 0 Å². The molecule has 9 rings (SSSR count). The van der Waals surface area contributed by atoms with Gasteiger partial charge in [-0.2, -0.15) is 5.10 Å². The number of pyridine rings is 1. The maximum absolute atomic E-state index is 15.3. The van der Waals surface area contributed by atoms with Gasteiger partial charge in [0.05, 0.1) is 53.5 Å². The number of methoxy groups -OCH3 is 1. The number of aliphatic hydroxyl groups is 1. The number of hydrogen-bond acceptors (Lipinski definition) is 11. The predicted molar refractivity (Wildman–Crippen MR) is 207 cm³/mol. The summed E-state index contributed by atoms with van der Waals surface area (Å²) < 4.78 is 53.6. The third-order valence-corrected chi connectivity index (χ3v) is 11.3. The van der Waals surface area contributed by atoms with E-state index in [-0.39, 0.29) is 61.3 Å². The van der Waals surface area contributed by atoms with Gasteiger partial charge in [-0.05, 0) is 50.1 Å². The van der Waals surface area contributed by atoms with Gasteiger partial charge in [0, 0.05) is 64.1 Å². The Morgan fingerprint density at radius 3 is 2.60 bits per heavy atom. The molecular weight excluding hydrogens is 756 g/mol. The minimum Gasteiger partial charge on any atom is -0.395 e. The molecule has 18 heteroatoms. The average molecular weight is 796 g/mol. The zero-order chi connectivity index (χ0) is 40.4. The standard InChI is InChI=1S/C40H40F3N11O4/c1-21-45-31-15-23(42)13-27-30-5-4-6-34(47-30)46-24-16-33(40(57)50(2)19-25(58-3)20-52(21)35(27)31)53(18-24)37-28-17-44-54(32-8-7-22(41)14-29(32)43)38(28)49-36(48-37)26-9-10-51(11-12-55)39(26)56/h4-8,13-15,17,24-26,33,55H,9-12,16,18-20H2,1-3H3,(H,46,47)/t24-,25-,26?,33-/m0/s1. The second-order valence-electron chi connectivity index (χ2n) is 15.0. The van der Waals surface area contributed by atoms with Gasteiger partial charge in [0.15, 0.2) is 11.5 Å². The van der Waals surface area contributed by atoms with Crippen LogP contribution in [0.2, 0.25) is 0 Å². The van der Waals surface area contributed by atoms with E-state index in [4.69, 9.17) is 19.7 Å². The summed E-state index contributed by atoms with van der Waals surface area (Å²) in [6.45, 7) is 2.90. The number of carbonyl (C=O) groups is 2. The van der Waals surface area contributed by atoms with Crippen LogP contribution in [0.1, 0.15) is 30.4 Å². The van der Waals surface area contributed by atoms with Crippen molar-refractivity contribution in [1.82, 2.24) is 44.1 Å². The number of amides is 2. The summed E-state index contributed by atoms with van der Waals surface area (Å²) in [6.07, 6.45) is 1.66. The highest BCUT2D eigenvalue weighted by atomic mass is 19.1. The smallest absolute Gasteiger partial charge is 0.245 e. The number of likely N-dealkylation sites (N-methyl/N-ethyl adjacent to an activating group) is 1. The van der Waals surface area contributed by atoms with Crippen LogP contribution in [0.5, 0.6) is 0 Å². The molecule has 4 atom stereocenters.